The van der Waals surface area contributed by atoms with E-state index in [4.69, 9.17) is 5.73 Å². The largest absolute Gasteiger partial charge is 0.507 e. The van der Waals surface area contributed by atoms with Crippen molar-refractivity contribution in [3.8, 4) is 5.75 Å². The van der Waals surface area contributed by atoms with Crippen molar-refractivity contribution in [1.29, 1.82) is 0 Å². The second-order valence-corrected chi connectivity index (χ2v) is 11.5. The van der Waals surface area contributed by atoms with E-state index in [0.29, 0.717) is 11.3 Å². The number of nitrogens with one attached hydrogen (secondary N) is 1. The Bertz CT molecular complexity index is 1240. The number of phenolic OH excluding ortho intramolecular Hbond substituents is 1. The molecule has 1 aromatic carbocycles. The van der Waals surface area contributed by atoms with E-state index in [1.165, 1.54) is 11.0 Å². The van der Waals surface area contributed by atoms with Gasteiger partial charge in [0.1, 0.15) is 5.75 Å². The van der Waals surface area contributed by atoms with Gasteiger partial charge in [-0.1, -0.05) is 0 Å². The van der Waals surface area contributed by atoms with E-state index in [9.17, 15) is 34.2 Å². The lowest BCUT2D eigenvalue weighted by Gasteiger charge is -2.52. The molecule has 38 heavy (non-hydrogen) atoms. The summed E-state index contributed by atoms with van der Waals surface area (Å²) in [7, 11) is 5.19. The minimum atomic E-state index is -2.71. The molecule has 2 saturated carbocycles. The van der Waals surface area contributed by atoms with E-state index in [2.05, 4.69) is 17.3 Å². The van der Waals surface area contributed by atoms with Crippen LogP contribution >= 0.6 is 0 Å². The highest BCUT2D eigenvalue weighted by Crippen LogP contribution is 2.51. The summed E-state index contributed by atoms with van der Waals surface area (Å²) in [5.74, 6) is -10.3. The molecule has 0 radical (unpaired) electrons. The average Bonchev–Trinajstić information content (AvgIpc) is 2.84. The zero-order valence-corrected chi connectivity index (χ0v) is 21.8. The Hall–Kier alpha value is -3.15. The maximum absolute atomic E-state index is 13.9. The van der Waals surface area contributed by atoms with Crippen LogP contribution in [-0.2, 0) is 25.6 Å². The first-order valence-electron chi connectivity index (χ1n) is 13.0. The van der Waals surface area contributed by atoms with Gasteiger partial charge in [0, 0.05) is 17.6 Å². The number of likely N-dealkylation sites (tertiary alicyclic amines) is 1. The van der Waals surface area contributed by atoms with Gasteiger partial charge in [-0.25, -0.2) is 0 Å². The summed E-state index contributed by atoms with van der Waals surface area (Å²) in [4.78, 5) is 69.9. The van der Waals surface area contributed by atoms with Crippen molar-refractivity contribution in [2.24, 2.45) is 29.4 Å². The number of amides is 1. The predicted octanol–water partition coefficient (Wildman–Crippen LogP) is -0.627. The first-order chi connectivity index (χ1) is 17.9. The van der Waals surface area contributed by atoms with Crippen LogP contribution in [0.3, 0.4) is 0 Å². The van der Waals surface area contributed by atoms with E-state index < -0.39 is 64.4 Å². The van der Waals surface area contributed by atoms with Gasteiger partial charge in [-0.3, -0.25) is 28.9 Å². The molecule has 2 unspecified atom stereocenters. The molecule has 11 heteroatoms. The van der Waals surface area contributed by atoms with Gasteiger partial charge in [0.15, 0.2) is 34.7 Å². The molecule has 0 bridgehead atoms. The fourth-order valence-electron chi connectivity index (χ4n) is 7.11. The first kappa shape index (κ1) is 26.5. The molecule has 1 amide bonds. The normalized spacial score (nSPS) is 34.1. The molecule has 5 N–H and O–H groups in total. The summed E-state index contributed by atoms with van der Waals surface area (Å²) in [5, 5.41) is 25.8. The molecular formula is C27H34N4O7. The second-order valence-electron chi connectivity index (χ2n) is 11.5. The number of rotatable bonds is 4. The number of carbonyl (C=O) groups is 5. The highest BCUT2D eigenvalue weighted by atomic mass is 16.3. The van der Waals surface area contributed by atoms with E-state index in [1.807, 2.05) is 0 Å². The lowest BCUT2D eigenvalue weighted by molar-refractivity contribution is -0.181. The number of nitrogens with zero attached hydrogens (tertiary/aromatic N) is 2. The maximum Gasteiger partial charge on any atom is 0.235 e. The third-order valence-electron chi connectivity index (χ3n) is 9.02. The number of benzene rings is 1. The lowest BCUT2D eigenvalue weighted by Crippen LogP contribution is -2.74. The quantitative estimate of drug-likeness (QED) is 0.293. The molecule has 4 aliphatic rings. The zero-order valence-electron chi connectivity index (χ0n) is 21.8. The third-order valence-corrected chi connectivity index (χ3v) is 9.02. The van der Waals surface area contributed by atoms with Crippen molar-refractivity contribution in [3.05, 3.63) is 23.3 Å². The predicted molar refractivity (Wildman–Crippen MR) is 136 cm³/mol. The smallest absolute Gasteiger partial charge is 0.235 e. The molecule has 3 aliphatic carbocycles. The van der Waals surface area contributed by atoms with Crippen LogP contribution < -0.4 is 11.1 Å². The van der Waals surface area contributed by atoms with Gasteiger partial charge in [0.2, 0.25) is 5.91 Å². The Labute approximate surface area is 220 Å². The molecule has 0 spiro atoms. The molecule has 11 nitrogen and oxygen atoms in total. The molecular weight excluding hydrogens is 492 g/mol. The minimum Gasteiger partial charge on any atom is -0.507 e. The number of piperidine rings is 1. The number of phenols is 1. The molecule has 5 rings (SSSR count). The van der Waals surface area contributed by atoms with Crippen molar-refractivity contribution >= 4 is 34.7 Å². The number of Topliss-reactive ketones (excluding diaryl/α,β-unsaturated/α-hetero) is 4. The van der Waals surface area contributed by atoms with Gasteiger partial charge < -0.3 is 26.2 Å². The second kappa shape index (κ2) is 9.25. The van der Waals surface area contributed by atoms with Gasteiger partial charge in [-0.15, -0.1) is 0 Å². The molecule has 6 atom stereocenters. The lowest BCUT2D eigenvalue weighted by atomic mass is 9.52. The highest BCUT2D eigenvalue weighted by Gasteiger charge is 2.69. The Morgan fingerprint density at radius 1 is 1.13 bits per heavy atom. The van der Waals surface area contributed by atoms with Crippen LogP contribution in [-0.4, -0.2) is 101 Å². The molecule has 1 heterocycles. The third kappa shape index (κ3) is 3.78. The summed E-state index contributed by atoms with van der Waals surface area (Å²) in [6, 6.07) is 2.21. The molecule has 1 aliphatic heterocycles. The van der Waals surface area contributed by atoms with E-state index in [-0.39, 0.29) is 30.2 Å². The number of hydrogen-bond donors (Lipinski definition) is 4. The molecule has 204 valence electrons. The Morgan fingerprint density at radius 3 is 2.39 bits per heavy atom. The van der Waals surface area contributed by atoms with Crippen molar-refractivity contribution in [3.63, 3.8) is 0 Å². The summed E-state index contributed by atoms with van der Waals surface area (Å²) in [5.41, 5.74) is 3.95. The average molecular weight is 527 g/mol. The number of carbonyl (C=O) groups excluding carboxylic acids is 5. The number of likely N-dealkylation sites (N-methyl/N-ethyl adjacent to an activating group) is 1. The number of fused-ring (bicyclic) bond motifs is 3. The van der Waals surface area contributed by atoms with Crippen LogP contribution in [0.2, 0.25) is 0 Å². The van der Waals surface area contributed by atoms with Crippen LogP contribution in [0.1, 0.15) is 35.2 Å². The summed E-state index contributed by atoms with van der Waals surface area (Å²) in [6.07, 6.45) is 2.10. The summed E-state index contributed by atoms with van der Waals surface area (Å²) >= 11 is 0. The number of anilines is 1. The molecule has 1 aromatic rings. The first-order valence-corrected chi connectivity index (χ1v) is 13.0. The molecule has 3 fully saturated rings. The van der Waals surface area contributed by atoms with Gasteiger partial charge in [-0.05, 0) is 83.5 Å². The van der Waals surface area contributed by atoms with Crippen LogP contribution in [0.25, 0.3) is 0 Å². The Balaban J connectivity index is 1.55. The monoisotopic (exact) mass is 526 g/mol. The number of ketones is 4. The molecule has 1 saturated heterocycles. The SMILES string of the molecule is CN1CCC(Nc2ccc(O)c3c2C[C@@H]2C[C@@H]4[C@@H](N(C)C)C(=O)C(C(N)=O)C(=O)[C@]4(O)C(=O)C2C3=O)CC1. The van der Waals surface area contributed by atoms with Gasteiger partial charge in [0.05, 0.1) is 17.5 Å². The van der Waals surface area contributed by atoms with Crippen LogP contribution in [0.5, 0.6) is 5.75 Å². The van der Waals surface area contributed by atoms with E-state index >= 15 is 0 Å². The van der Waals surface area contributed by atoms with Gasteiger partial charge >= 0.3 is 0 Å². The fourth-order valence-corrected chi connectivity index (χ4v) is 7.11. The van der Waals surface area contributed by atoms with Crippen molar-refractivity contribution < 1.29 is 34.2 Å². The highest BCUT2D eigenvalue weighted by molar-refractivity contribution is 6.32. The van der Waals surface area contributed by atoms with Crippen LogP contribution in [0, 0.1) is 23.7 Å². The van der Waals surface area contributed by atoms with Crippen molar-refractivity contribution in [1.82, 2.24) is 9.80 Å². The fraction of sp³-hybridized carbons (Fsp3) is 0.593. The standard InChI is InChI=1S/C27H34N4O7/c1-30(2)21-15-11-12-10-14-16(29-13-6-8-31(3)9-7-13)4-5-17(32)19(14)22(33)18(12)24(35)27(15,38)25(36)20(23(21)34)26(28)37/h4-5,12-13,15,18,20-21,29,32,38H,6-11H2,1-3H3,(H2,28,37)/t12-,15-,18?,20?,21-,27-/m1/s1. The molecule has 0 aromatic heterocycles. The Kier molecular flexibility index (Phi) is 6.44. The minimum absolute atomic E-state index is 0.00882. The van der Waals surface area contributed by atoms with Crippen LogP contribution in [0.4, 0.5) is 5.69 Å². The summed E-state index contributed by atoms with van der Waals surface area (Å²) < 4.78 is 0. The number of aliphatic hydroxyl groups is 1. The number of primary amides is 1. The van der Waals surface area contributed by atoms with Crippen molar-refractivity contribution in [2.45, 2.75) is 43.4 Å². The van der Waals surface area contributed by atoms with E-state index in [0.717, 1.165) is 25.9 Å². The number of nitrogens with two attached hydrogens (primary N) is 1. The van der Waals surface area contributed by atoms with Crippen molar-refractivity contribution in [2.75, 3.05) is 39.5 Å². The zero-order chi connectivity index (χ0) is 27.7. The van der Waals surface area contributed by atoms with Gasteiger partial charge in [0.25, 0.3) is 0 Å². The van der Waals surface area contributed by atoms with Crippen LogP contribution in [0.15, 0.2) is 12.1 Å². The number of hydrogen-bond acceptors (Lipinski definition) is 10. The summed E-state index contributed by atoms with van der Waals surface area (Å²) in [6.45, 7) is 1.85. The van der Waals surface area contributed by atoms with Gasteiger partial charge in [-0.2, -0.15) is 0 Å². The Morgan fingerprint density at radius 2 is 1.79 bits per heavy atom. The topological polar surface area (TPSA) is 170 Å². The maximum atomic E-state index is 13.9. The number of aromatic hydroxyl groups is 1. The van der Waals surface area contributed by atoms with E-state index in [1.54, 1.807) is 20.2 Å².